The SMILES string of the molecule is CC(=O)C1=CC=CN2C(c3ccc(F)cc3)=C(c3ccc(C)cc3)NC12. The second-order valence-electron chi connectivity index (χ2n) is 6.57. The van der Waals surface area contributed by atoms with Gasteiger partial charge in [-0.25, -0.2) is 4.39 Å². The van der Waals surface area contributed by atoms with Crippen molar-refractivity contribution in [2.75, 3.05) is 0 Å². The number of carbonyl (C=O) groups is 1. The molecule has 0 radical (unpaired) electrons. The fourth-order valence-electron chi connectivity index (χ4n) is 3.40. The normalized spacial score (nSPS) is 18.5. The van der Waals surface area contributed by atoms with Crippen LogP contribution < -0.4 is 5.32 Å². The first-order chi connectivity index (χ1) is 12.5. The van der Waals surface area contributed by atoms with Gasteiger partial charge in [0.15, 0.2) is 5.78 Å². The number of hydrogen-bond acceptors (Lipinski definition) is 3. The van der Waals surface area contributed by atoms with Crippen molar-refractivity contribution in [2.24, 2.45) is 0 Å². The molecule has 2 aliphatic heterocycles. The van der Waals surface area contributed by atoms with Crippen molar-refractivity contribution in [3.05, 3.63) is 95.0 Å². The molecule has 1 atom stereocenters. The standard InChI is InChI=1S/C22H19FN2O/c1-14-5-7-16(8-6-14)20-21(17-9-11-18(23)12-10-17)25-13-3-4-19(15(2)26)22(25)24-20/h3-13,22,24H,1-2H3. The van der Waals surface area contributed by atoms with Crippen LogP contribution in [0.5, 0.6) is 0 Å². The number of ketones is 1. The molecule has 0 aromatic heterocycles. The highest BCUT2D eigenvalue weighted by Gasteiger charge is 2.36. The first-order valence-corrected chi connectivity index (χ1v) is 8.56. The number of halogens is 1. The minimum atomic E-state index is -0.271. The number of fused-ring (bicyclic) bond motifs is 1. The van der Waals surface area contributed by atoms with Gasteiger partial charge in [-0.15, -0.1) is 0 Å². The van der Waals surface area contributed by atoms with Crippen molar-refractivity contribution in [1.82, 2.24) is 10.2 Å². The van der Waals surface area contributed by atoms with E-state index in [0.29, 0.717) is 5.57 Å². The van der Waals surface area contributed by atoms with Gasteiger partial charge in [-0.05, 0) is 49.8 Å². The lowest BCUT2D eigenvalue weighted by Gasteiger charge is -2.29. The van der Waals surface area contributed by atoms with Gasteiger partial charge in [-0.3, -0.25) is 4.79 Å². The van der Waals surface area contributed by atoms with Gasteiger partial charge in [0.05, 0.1) is 11.4 Å². The maximum Gasteiger partial charge on any atom is 0.159 e. The number of benzene rings is 2. The summed E-state index contributed by atoms with van der Waals surface area (Å²) in [4.78, 5) is 14.1. The molecule has 1 N–H and O–H groups in total. The van der Waals surface area contributed by atoms with E-state index in [4.69, 9.17) is 0 Å². The van der Waals surface area contributed by atoms with Crippen molar-refractivity contribution >= 4 is 17.2 Å². The Kier molecular flexibility index (Phi) is 3.96. The second kappa shape index (κ2) is 6.30. The third-order valence-corrected chi connectivity index (χ3v) is 4.74. The highest BCUT2D eigenvalue weighted by molar-refractivity contribution is 5.99. The second-order valence-corrected chi connectivity index (χ2v) is 6.57. The van der Waals surface area contributed by atoms with E-state index >= 15 is 0 Å². The van der Waals surface area contributed by atoms with E-state index in [-0.39, 0.29) is 17.8 Å². The predicted octanol–water partition coefficient (Wildman–Crippen LogP) is 4.23. The van der Waals surface area contributed by atoms with E-state index in [9.17, 15) is 9.18 Å². The summed E-state index contributed by atoms with van der Waals surface area (Å²) in [6.07, 6.45) is 5.41. The third kappa shape index (κ3) is 2.73. The van der Waals surface area contributed by atoms with Gasteiger partial charge in [0.1, 0.15) is 12.0 Å². The molecule has 2 aromatic rings. The summed E-state index contributed by atoms with van der Waals surface area (Å²) in [6, 6.07) is 14.7. The average Bonchev–Trinajstić information content (AvgIpc) is 3.02. The number of nitrogens with zero attached hydrogens (tertiary/aromatic N) is 1. The maximum absolute atomic E-state index is 13.4. The van der Waals surface area contributed by atoms with Crippen molar-refractivity contribution in [3.8, 4) is 0 Å². The molecule has 1 unspecified atom stereocenters. The molecule has 0 aliphatic carbocycles. The predicted molar refractivity (Wildman–Crippen MR) is 101 cm³/mol. The smallest absolute Gasteiger partial charge is 0.159 e. The van der Waals surface area contributed by atoms with Crippen LogP contribution in [0.2, 0.25) is 0 Å². The molecule has 0 saturated carbocycles. The first-order valence-electron chi connectivity index (χ1n) is 8.56. The van der Waals surface area contributed by atoms with Gasteiger partial charge in [0.25, 0.3) is 0 Å². The van der Waals surface area contributed by atoms with Crippen molar-refractivity contribution < 1.29 is 9.18 Å². The number of rotatable bonds is 3. The summed E-state index contributed by atoms with van der Waals surface area (Å²) in [5.74, 6) is -0.243. The molecule has 0 amide bonds. The fraction of sp³-hybridized carbons (Fsp3) is 0.136. The minimum Gasteiger partial charge on any atom is -0.359 e. The molecule has 130 valence electrons. The highest BCUT2D eigenvalue weighted by Crippen LogP contribution is 2.38. The van der Waals surface area contributed by atoms with Crippen LogP contribution >= 0.6 is 0 Å². The van der Waals surface area contributed by atoms with Gasteiger partial charge in [-0.2, -0.15) is 0 Å². The van der Waals surface area contributed by atoms with Gasteiger partial charge >= 0.3 is 0 Å². The lowest BCUT2D eigenvalue weighted by molar-refractivity contribution is -0.114. The number of hydrogen-bond donors (Lipinski definition) is 1. The lowest BCUT2D eigenvalue weighted by Crippen LogP contribution is -2.39. The number of Topliss-reactive ketones (excluding diaryl/α,β-unsaturated/α-hetero) is 1. The quantitative estimate of drug-likeness (QED) is 0.902. The Morgan fingerprint density at radius 2 is 1.69 bits per heavy atom. The Labute approximate surface area is 152 Å². The van der Waals surface area contributed by atoms with E-state index < -0.39 is 0 Å². The molecular formula is C22H19FN2O. The van der Waals surface area contributed by atoms with Crippen LogP contribution in [0.4, 0.5) is 4.39 Å². The summed E-state index contributed by atoms with van der Waals surface area (Å²) >= 11 is 0. The van der Waals surface area contributed by atoms with Gasteiger partial charge in [-0.1, -0.05) is 35.9 Å². The van der Waals surface area contributed by atoms with Crippen LogP contribution in [0.25, 0.3) is 11.4 Å². The van der Waals surface area contributed by atoms with Gasteiger partial charge < -0.3 is 10.2 Å². The Morgan fingerprint density at radius 3 is 2.35 bits per heavy atom. The number of nitrogens with one attached hydrogen (secondary N) is 1. The third-order valence-electron chi connectivity index (χ3n) is 4.74. The molecule has 2 aliphatic rings. The summed E-state index contributed by atoms with van der Waals surface area (Å²) < 4.78 is 13.4. The average molecular weight is 346 g/mol. The number of aryl methyl sites for hydroxylation is 1. The molecular weight excluding hydrogens is 327 g/mol. The van der Waals surface area contributed by atoms with E-state index in [2.05, 4.69) is 29.6 Å². The molecule has 0 spiro atoms. The molecule has 2 aromatic carbocycles. The van der Waals surface area contributed by atoms with Crippen molar-refractivity contribution in [1.29, 1.82) is 0 Å². The van der Waals surface area contributed by atoms with E-state index in [1.54, 1.807) is 19.1 Å². The maximum atomic E-state index is 13.4. The number of allylic oxidation sites excluding steroid dienone is 2. The molecule has 4 heteroatoms. The summed E-state index contributed by atoms with van der Waals surface area (Å²) in [5.41, 5.74) is 5.67. The zero-order valence-corrected chi connectivity index (χ0v) is 14.7. The Morgan fingerprint density at radius 1 is 1.04 bits per heavy atom. The van der Waals surface area contributed by atoms with Crippen LogP contribution in [0.3, 0.4) is 0 Å². The fourth-order valence-corrected chi connectivity index (χ4v) is 3.40. The largest absolute Gasteiger partial charge is 0.359 e. The molecule has 26 heavy (non-hydrogen) atoms. The Balaban J connectivity index is 1.87. The van der Waals surface area contributed by atoms with E-state index in [0.717, 1.165) is 22.5 Å². The topological polar surface area (TPSA) is 32.3 Å². The molecule has 0 fully saturated rings. The Hall–Kier alpha value is -3.14. The van der Waals surface area contributed by atoms with E-state index in [1.165, 1.54) is 17.7 Å². The monoisotopic (exact) mass is 346 g/mol. The molecule has 4 rings (SSSR count). The van der Waals surface area contributed by atoms with Crippen molar-refractivity contribution in [2.45, 2.75) is 20.0 Å². The van der Waals surface area contributed by atoms with Crippen molar-refractivity contribution in [3.63, 3.8) is 0 Å². The van der Waals surface area contributed by atoms with Crippen LogP contribution in [0, 0.1) is 12.7 Å². The summed E-state index contributed by atoms with van der Waals surface area (Å²) in [6.45, 7) is 3.62. The molecule has 2 heterocycles. The zero-order chi connectivity index (χ0) is 18.3. The minimum absolute atomic E-state index is 0.0282. The zero-order valence-electron chi connectivity index (χ0n) is 14.7. The molecule has 3 nitrogen and oxygen atoms in total. The lowest BCUT2D eigenvalue weighted by atomic mass is 10.0. The van der Waals surface area contributed by atoms with Gasteiger partial charge in [0, 0.05) is 17.3 Å². The first kappa shape index (κ1) is 16.3. The van der Waals surface area contributed by atoms with Gasteiger partial charge in [0.2, 0.25) is 0 Å². The van der Waals surface area contributed by atoms with Crippen LogP contribution in [0.15, 0.2) is 72.5 Å². The highest BCUT2D eigenvalue weighted by atomic mass is 19.1. The summed E-state index contributed by atoms with van der Waals surface area (Å²) in [5, 5.41) is 3.49. The van der Waals surface area contributed by atoms with E-state index in [1.807, 2.05) is 30.2 Å². The Bertz CT molecular complexity index is 953. The number of carbonyl (C=O) groups excluding carboxylic acids is 1. The molecule has 0 bridgehead atoms. The van der Waals surface area contributed by atoms with Crippen LogP contribution in [-0.2, 0) is 4.79 Å². The molecule has 0 saturated heterocycles. The van der Waals surface area contributed by atoms with Crippen LogP contribution in [-0.4, -0.2) is 16.8 Å². The summed E-state index contributed by atoms with van der Waals surface area (Å²) in [7, 11) is 0. The van der Waals surface area contributed by atoms with Crippen LogP contribution in [0.1, 0.15) is 23.6 Å².